The molecular weight excluding hydrogens is 194 g/mol. The van der Waals surface area contributed by atoms with E-state index in [4.69, 9.17) is 5.73 Å². The van der Waals surface area contributed by atoms with Crippen molar-refractivity contribution >= 4 is 11.9 Å². The number of urea groups is 1. The Kier molecular flexibility index (Phi) is 3.94. The van der Waals surface area contributed by atoms with E-state index in [1.54, 1.807) is 19.0 Å². The zero-order valence-electron chi connectivity index (χ0n) is 9.40. The van der Waals surface area contributed by atoms with Crippen LogP contribution in [0.5, 0.6) is 0 Å². The summed E-state index contributed by atoms with van der Waals surface area (Å²) in [6.45, 7) is 0.0294. The fourth-order valence-electron chi connectivity index (χ4n) is 1.99. The summed E-state index contributed by atoms with van der Waals surface area (Å²) >= 11 is 0. The molecule has 2 N–H and O–H groups in total. The zero-order chi connectivity index (χ0) is 11.4. The second-order valence-electron chi connectivity index (χ2n) is 4.21. The van der Waals surface area contributed by atoms with Crippen molar-refractivity contribution in [2.45, 2.75) is 31.7 Å². The van der Waals surface area contributed by atoms with Crippen LogP contribution in [0.15, 0.2) is 0 Å². The van der Waals surface area contributed by atoms with Crippen LogP contribution in [0.1, 0.15) is 25.7 Å². The average molecular weight is 213 g/mol. The van der Waals surface area contributed by atoms with Crippen LogP contribution in [0.3, 0.4) is 0 Å². The Labute approximate surface area is 90.2 Å². The highest BCUT2D eigenvalue weighted by molar-refractivity contribution is 5.83. The van der Waals surface area contributed by atoms with Crippen LogP contribution >= 0.6 is 0 Å². The Hall–Kier alpha value is -1.26. The van der Waals surface area contributed by atoms with Crippen LogP contribution < -0.4 is 5.73 Å². The van der Waals surface area contributed by atoms with E-state index in [-0.39, 0.29) is 18.6 Å². The van der Waals surface area contributed by atoms with Crippen LogP contribution in [-0.4, -0.2) is 48.4 Å². The number of primary amides is 1. The summed E-state index contributed by atoms with van der Waals surface area (Å²) in [6.07, 6.45) is 4.21. The largest absolute Gasteiger partial charge is 0.368 e. The molecule has 86 valence electrons. The summed E-state index contributed by atoms with van der Waals surface area (Å²) < 4.78 is 0. The monoisotopic (exact) mass is 213 g/mol. The van der Waals surface area contributed by atoms with Crippen molar-refractivity contribution in [3.05, 3.63) is 0 Å². The van der Waals surface area contributed by atoms with Crippen LogP contribution in [0, 0.1) is 0 Å². The molecule has 0 unspecified atom stereocenters. The molecule has 1 saturated carbocycles. The maximum atomic E-state index is 11.8. The normalized spacial score (nSPS) is 16.4. The lowest BCUT2D eigenvalue weighted by molar-refractivity contribution is -0.119. The third kappa shape index (κ3) is 3.11. The molecule has 0 spiro atoms. The number of carbonyl (C=O) groups is 2. The average Bonchev–Trinajstić information content (AvgIpc) is 2.65. The molecule has 1 fully saturated rings. The van der Waals surface area contributed by atoms with Gasteiger partial charge in [0.2, 0.25) is 5.91 Å². The van der Waals surface area contributed by atoms with E-state index in [0.717, 1.165) is 25.7 Å². The van der Waals surface area contributed by atoms with E-state index in [1.807, 2.05) is 0 Å². The number of carbonyl (C=O) groups excluding carboxylic acids is 2. The highest BCUT2D eigenvalue weighted by atomic mass is 16.2. The van der Waals surface area contributed by atoms with Gasteiger partial charge in [-0.05, 0) is 12.8 Å². The first-order valence-electron chi connectivity index (χ1n) is 5.28. The number of nitrogens with two attached hydrogens (primary N) is 1. The topological polar surface area (TPSA) is 66.6 Å². The summed E-state index contributed by atoms with van der Waals surface area (Å²) in [5.41, 5.74) is 5.15. The maximum Gasteiger partial charge on any atom is 0.320 e. The van der Waals surface area contributed by atoms with Crippen LogP contribution in [0.2, 0.25) is 0 Å². The Morgan fingerprint density at radius 3 is 2.20 bits per heavy atom. The third-order valence-corrected chi connectivity index (χ3v) is 2.72. The first-order valence-corrected chi connectivity index (χ1v) is 5.28. The fraction of sp³-hybridized carbons (Fsp3) is 0.800. The molecule has 15 heavy (non-hydrogen) atoms. The summed E-state index contributed by atoms with van der Waals surface area (Å²) in [6, 6.07) is 0.0631. The van der Waals surface area contributed by atoms with Crippen molar-refractivity contribution in [1.82, 2.24) is 9.80 Å². The molecule has 0 aromatic rings. The van der Waals surface area contributed by atoms with Gasteiger partial charge in [-0.3, -0.25) is 4.79 Å². The van der Waals surface area contributed by atoms with E-state index < -0.39 is 5.91 Å². The molecule has 0 saturated heterocycles. The summed E-state index contributed by atoms with van der Waals surface area (Å²) in [4.78, 5) is 25.8. The van der Waals surface area contributed by atoms with E-state index in [0.29, 0.717) is 0 Å². The second-order valence-corrected chi connectivity index (χ2v) is 4.21. The Morgan fingerprint density at radius 2 is 1.80 bits per heavy atom. The third-order valence-electron chi connectivity index (χ3n) is 2.72. The minimum atomic E-state index is -0.447. The van der Waals surface area contributed by atoms with Crippen molar-refractivity contribution in [1.29, 1.82) is 0 Å². The van der Waals surface area contributed by atoms with Crippen molar-refractivity contribution in [3.8, 4) is 0 Å². The van der Waals surface area contributed by atoms with Gasteiger partial charge in [-0.25, -0.2) is 4.79 Å². The molecule has 5 heteroatoms. The molecule has 3 amide bonds. The number of rotatable bonds is 3. The van der Waals surface area contributed by atoms with E-state index >= 15 is 0 Å². The van der Waals surface area contributed by atoms with Crippen LogP contribution in [0.4, 0.5) is 4.79 Å². The lowest BCUT2D eigenvalue weighted by Crippen LogP contribution is -2.48. The van der Waals surface area contributed by atoms with E-state index in [1.165, 1.54) is 4.90 Å². The Bertz CT molecular complexity index is 247. The number of amides is 3. The lowest BCUT2D eigenvalue weighted by Gasteiger charge is -2.30. The van der Waals surface area contributed by atoms with Gasteiger partial charge in [0.15, 0.2) is 0 Å². The first kappa shape index (κ1) is 11.8. The fourth-order valence-corrected chi connectivity index (χ4v) is 1.99. The van der Waals surface area contributed by atoms with Crippen molar-refractivity contribution < 1.29 is 9.59 Å². The van der Waals surface area contributed by atoms with Crippen LogP contribution in [-0.2, 0) is 4.79 Å². The molecule has 1 aliphatic rings. The second kappa shape index (κ2) is 5.00. The van der Waals surface area contributed by atoms with Crippen molar-refractivity contribution in [3.63, 3.8) is 0 Å². The Balaban J connectivity index is 2.67. The van der Waals surface area contributed by atoms with Crippen LogP contribution in [0.25, 0.3) is 0 Å². The van der Waals surface area contributed by atoms with Crippen molar-refractivity contribution in [2.24, 2.45) is 5.73 Å². The maximum absolute atomic E-state index is 11.8. The number of hydrogen-bond acceptors (Lipinski definition) is 2. The Morgan fingerprint density at radius 1 is 1.27 bits per heavy atom. The molecule has 0 heterocycles. The van der Waals surface area contributed by atoms with E-state index in [2.05, 4.69) is 0 Å². The van der Waals surface area contributed by atoms with Gasteiger partial charge < -0.3 is 15.5 Å². The minimum Gasteiger partial charge on any atom is -0.368 e. The van der Waals surface area contributed by atoms with Gasteiger partial charge in [-0.15, -0.1) is 0 Å². The molecule has 1 rings (SSSR count). The SMILES string of the molecule is CN(C)C(=O)N(CC(N)=O)C1CCCC1. The molecular formula is C10H19N3O2. The molecule has 0 aromatic heterocycles. The van der Waals surface area contributed by atoms with Gasteiger partial charge in [-0.2, -0.15) is 0 Å². The minimum absolute atomic E-state index is 0.0294. The van der Waals surface area contributed by atoms with Gasteiger partial charge in [-0.1, -0.05) is 12.8 Å². The highest BCUT2D eigenvalue weighted by Crippen LogP contribution is 2.23. The predicted octanol–water partition coefficient (Wildman–Crippen LogP) is 0.398. The molecule has 5 nitrogen and oxygen atoms in total. The molecule has 0 aliphatic heterocycles. The quantitative estimate of drug-likeness (QED) is 0.737. The van der Waals surface area contributed by atoms with Gasteiger partial charge >= 0.3 is 6.03 Å². The number of hydrogen-bond donors (Lipinski definition) is 1. The summed E-state index contributed by atoms with van der Waals surface area (Å²) in [5, 5.41) is 0. The van der Waals surface area contributed by atoms with Gasteiger partial charge in [0.1, 0.15) is 6.54 Å². The van der Waals surface area contributed by atoms with Crippen molar-refractivity contribution in [2.75, 3.05) is 20.6 Å². The standard InChI is InChI=1S/C10H19N3O2/c1-12(2)10(15)13(7-9(11)14)8-5-3-4-6-8/h8H,3-7H2,1-2H3,(H2,11,14). The molecule has 0 bridgehead atoms. The molecule has 1 aliphatic carbocycles. The summed E-state index contributed by atoms with van der Waals surface area (Å²) in [7, 11) is 3.37. The van der Waals surface area contributed by atoms with Gasteiger partial charge in [0.05, 0.1) is 0 Å². The van der Waals surface area contributed by atoms with E-state index in [9.17, 15) is 9.59 Å². The molecule has 0 aromatic carbocycles. The lowest BCUT2D eigenvalue weighted by atomic mass is 10.2. The molecule has 0 radical (unpaired) electrons. The zero-order valence-corrected chi connectivity index (χ0v) is 9.40. The van der Waals surface area contributed by atoms with Gasteiger partial charge in [0, 0.05) is 20.1 Å². The highest BCUT2D eigenvalue weighted by Gasteiger charge is 2.28. The number of nitrogens with zero attached hydrogens (tertiary/aromatic N) is 2. The van der Waals surface area contributed by atoms with Gasteiger partial charge in [0.25, 0.3) is 0 Å². The predicted molar refractivity (Wildman–Crippen MR) is 57.2 cm³/mol. The molecule has 0 atom stereocenters. The first-order chi connectivity index (χ1) is 7.02. The smallest absolute Gasteiger partial charge is 0.320 e. The summed E-state index contributed by atoms with van der Waals surface area (Å²) in [5.74, 6) is -0.447.